The van der Waals surface area contributed by atoms with Crippen LogP contribution in [-0.2, 0) is 14.3 Å². The molecule has 5 atom stereocenters. The third-order valence-electron chi connectivity index (χ3n) is 5.51. The topological polar surface area (TPSA) is 218 Å². The second kappa shape index (κ2) is 9.54. The van der Waals surface area contributed by atoms with Crippen molar-refractivity contribution >= 4 is 16.9 Å². The number of carbonyl (C=O) groups excluding carboxylic acids is 1. The highest BCUT2D eigenvalue weighted by molar-refractivity contribution is 5.88. The van der Waals surface area contributed by atoms with Crippen LogP contribution < -0.4 is 4.74 Å². The first-order valence-electron chi connectivity index (χ1n) is 10.5. The molecular weight excluding hydrogens is 484 g/mol. The molecule has 36 heavy (non-hydrogen) atoms. The van der Waals surface area contributed by atoms with Gasteiger partial charge in [0.25, 0.3) is 0 Å². The maximum absolute atomic E-state index is 11.2. The number of rotatable bonds is 5. The molecule has 1 aromatic heterocycles. The van der Waals surface area contributed by atoms with E-state index in [0.29, 0.717) is 0 Å². The Morgan fingerprint density at radius 1 is 0.917 bits per heavy atom. The van der Waals surface area contributed by atoms with Crippen LogP contribution in [0.2, 0.25) is 0 Å². The maximum Gasteiger partial charge on any atom is 0.402 e. The highest BCUT2D eigenvalue weighted by atomic mass is 16.7. The van der Waals surface area contributed by atoms with Crippen molar-refractivity contribution in [2.75, 3.05) is 6.61 Å². The van der Waals surface area contributed by atoms with E-state index < -0.39 is 66.3 Å². The molecule has 5 unspecified atom stereocenters. The van der Waals surface area contributed by atoms with Gasteiger partial charge in [0, 0.05) is 31.2 Å². The fourth-order valence-corrected chi connectivity index (χ4v) is 3.68. The van der Waals surface area contributed by atoms with Crippen molar-refractivity contribution in [3.63, 3.8) is 0 Å². The summed E-state index contributed by atoms with van der Waals surface area (Å²) in [7, 11) is 0. The van der Waals surface area contributed by atoms with Crippen LogP contribution in [0.25, 0.3) is 22.3 Å². The van der Waals surface area contributed by atoms with Crippen LogP contribution in [-0.4, -0.2) is 84.1 Å². The van der Waals surface area contributed by atoms with Gasteiger partial charge in [-0.3, -0.25) is 4.79 Å². The molecule has 13 heteroatoms. The summed E-state index contributed by atoms with van der Waals surface area (Å²) in [5.74, 6) is -4.10. The van der Waals surface area contributed by atoms with Gasteiger partial charge in [0.2, 0.25) is 12.0 Å². The summed E-state index contributed by atoms with van der Waals surface area (Å²) in [6.07, 6.45) is -8.14. The van der Waals surface area contributed by atoms with Crippen molar-refractivity contribution in [1.29, 1.82) is 0 Å². The highest BCUT2D eigenvalue weighted by Gasteiger charge is 2.46. The van der Waals surface area contributed by atoms with Gasteiger partial charge in [-0.1, -0.05) is 0 Å². The first kappa shape index (κ1) is 25.1. The van der Waals surface area contributed by atoms with Gasteiger partial charge in [-0.15, -0.1) is 0 Å². The van der Waals surface area contributed by atoms with Crippen molar-refractivity contribution in [2.45, 2.75) is 37.6 Å². The van der Waals surface area contributed by atoms with E-state index in [0.717, 1.165) is 25.1 Å². The van der Waals surface area contributed by atoms with Gasteiger partial charge in [-0.05, 0) is 0 Å². The van der Waals surface area contributed by atoms with E-state index in [4.69, 9.17) is 18.6 Å². The Hall–Kier alpha value is -4.04. The first-order valence-corrected chi connectivity index (χ1v) is 10.5. The quantitative estimate of drug-likeness (QED) is 0.135. The SMILES string of the molecule is CC(=O)OCC1OC(Oc2cc3c(O)cc(O)cc3[o+]c2-c2cc(O)c(O)c(O)c2)C(O)C(O)C1O. The fourth-order valence-electron chi connectivity index (χ4n) is 3.68. The van der Waals surface area contributed by atoms with Crippen molar-refractivity contribution in [3.05, 3.63) is 30.3 Å². The first-order chi connectivity index (χ1) is 17.0. The number of hydrogen-bond donors (Lipinski definition) is 8. The summed E-state index contributed by atoms with van der Waals surface area (Å²) in [5, 5.41) is 80.7. The van der Waals surface area contributed by atoms with Crippen LogP contribution >= 0.6 is 0 Å². The normalized spacial score (nSPS) is 23.9. The molecule has 0 saturated carbocycles. The van der Waals surface area contributed by atoms with E-state index in [-0.39, 0.29) is 33.8 Å². The van der Waals surface area contributed by atoms with E-state index in [9.17, 15) is 45.6 Å². The average Bonchev–Trinajstić information content (AvgIpc) is 2.81. The zero-order valence-electron chi connectivity index (χ0n) is 18.6. The van der Waals surface area contributed by atoms with Gasteiger partial charge >= 0.3 is 17.3 Å². The third kappa shape index (κ3) is 4.72. The van der Waals surface area contributed by atoms with E-state index in [1.165, 1.54) is 12.1 Å². The molecule has 0 bridgehead atoms. The van der Waals surface area contributed by atoms with E-state index >= 15 is 0 Å². The minimum absolute atomic E-state index is 0.0371. The van der Waals surface area contributed by atoms with E-state index in [1.807, 2.05) is 0 Å². The summed E-state index contributed by atoms with van der Waals surface area (Å²) < 4.78 is 21.8. The van der Waals surface area contributed by atoms with Crippen molar-refractivity contribution in [2.24, 2.45) is 0 Å². The van der Waals surface area contributed by atoms with Gasteiger partial charge in [0.1, 0.15) is 47.9 Å². The van der Waals surface area contributed by atoms with Crippen LogP contribution in [0.5, 0.6) is 34.5 Å². The predicted molar refractivity (Wildman–Crippen MR) is 118 cm³/mol. The van der Waals surface area contributed by atoms with Gasteiger partial charge in [0.15, 0.2) is 17.2 Å². The molecule has 8 N–H and O–H groups in total. The van der Waals surface area contributed by atoms with E-state index in [1.54, 1.807) is 0 Å². The summed E-state index contributed by atoms with van der Waals surface area (Å²) >= 11 is 0. The Balaban J connectivity index is 1.80. The number of carbonyl (C=O) groups is 1. The lowest BCUT2D eigenvalue weighted by molar-refractivity contribution is -0.278. The van der Waals surface area contributed by atoms with Crippen LogP contribution in [0.4, 0.5) is 0 Å². The largest absolute Gasteiger partial charge is 0.507 e. The molecule has 1 aliphatic heterocycles. The second-order valence-electron chi connectivity index (χ2n) is 8.11. The number of ether oxygens (including phenoxy) is 3. The zero-order chi connectivity index (χ0) is 26.3. The smallest absolute Gasteiger partial charge is 0.402 e. The van der Waals surface area contributed by atoms with Crippen LogP contribution in [0.3, 0.4) is 0 Å². The van der Waals surface area contributed by atoms with Crippen LogP contribution in [0.15, 0.2) is 34.7 Å². The molecule has 1 fully saturated rings. The summed E-state index contributed by atoms with van der Waals surface area (Å²) in [5.41, 5.74) is -0.0833. The molecule has 0 amide bonds. The Labute approximate surface area is 202 Å². The monoisotopic (exact) mass is 507 g/mol. The van der Waals surface area contributed by atoms with Crippen LogP contribution in [0, 0.1) is 0 Å². The molecule has 0 aliphatic carbocycles. The minimum atomic E-state index is -1.80. The number of aromatic hydroxyl groups is 5. The van der Waals surface area contributed by atoms with E-state index in [2.05, 4.69) is 0 Å². The number of phenolic OH excluding ortho intramolecular Hbond substituents is 5. The maximum atomic E-state index is 11.2. The van der Waals surface area contributed by atoms with Gasteiger partial charge in [-0.2, -0.15) is 0 Å². The summed E-state index contributed by atoms with van der Waals surface area (Å²) in [6, 6.07) is 5.48. The standard InChI is InChI=1S/C23H22O13/c1-8(24)33-7-17-19(30)20(31)21(32)23(36-17)35-16-6-11-12(26)4-10(25)5-15(11)34-22(16)9-2-13(27)18(29)14(28)3-9/h2-6,17,19-21,23,30-32H,7H2,1H3,(H4-,25,26,27,28,29)/p+1. The number of phenols is 5. The molecule has 3 aromatic rings. The molecule has 1 aliphatic rings. The van der Waals surface area contributed by atoms with Gasteiger partial charge in [0.05, 0.1) is 11.6 Å². The molecule has 0 radical (unpaired) electrons. The third-order valence-corrected chi connectivity index (χ3v) is 5.51. The molecule has 2 heterocycles. The second-order valence-corrected chi connectivity index (χ2v) is 8.11. The molecule has 1 saturated heterocycles. The lowest BCUT2D eigenvalue weighted by atomic mass is 9.99. The number of hydrogen-bond acceptors (Lipinski definition) is 12. The highest BCUT2D eigenvalue weighted by Crippen LogP contribution is 2.44. The molecule has 13 nitrogen and oxygen atoms in total. The zero-order valence-corrected chi connectivity index (χ0v) is 18.6. The van der Waals surface area contributed by atoms with Crippen LogP contribution in [0.1, 0.15) is 6.92 Å². The summed E-state index contributed by atoms with van der Waals surface area (Å²) in [4.78, 5) is 11.2. The van der Waals surface area contributed by atoms with Crippen molar-refractivity contribution < 1.29 is 64.3 Å². The Bertz CT molecular complexity index is 1280. The lowest BCUT2D eigenvalue weighted by Gasteiger charge is -2.39. The van der Waals surface area contributed by atoms with Crippen molar-refractivity contribution in [1.82, 2.24) is 0 Å². The number of fused-ring (bicyclic) bond motifs is 1. The Morgan fingerprint density at radius 3 is 2.22 bits per heavy atom. The number of esters is 1. The predicted octanol–water partition coefficient (Wildman–Crippen LogP) is 0.658. The van der Waals surface area contributed by atoms with Gasteiger partial charge < -0.3 is 55.1 Å². The molecular formula is C23H23O13+. The Morgan fingerprint density at radius 2 is 1.58 bits per heavy atom. The number of aliphatic hydroxyl groups is 3. The lowest BCUT2D eigenvalue weighted by Crippen LogP contribution is -2.60. The fraction of sp³-hybridized carbons (Fsp3) is 0.304. The van der Waals surface area contributed by atoms with Crippen molar-refractivity contribution in [3.8, 4) is 45.8 Å². The molecule has 2 aromatic carbocycles. The number of aliphatic hydroxyl groups excluding tert-OH is 3. The molecule has 4 rings (SSSR count). The molecule has 192 valence electrons. The Kier molecular flexibility index (Phi) is 6.65. The average molecular weight is 507 g/mol. The minimum Gasteiger partial charge on any atom is -0.507 e. The number of benzene rings is 2. The van der Waals surface area contributed by atoms with Gasteiger partial charge in [-0.25, -0.2) is 4.42 Å². The summed E-state index contributed by atoms with van der Waals surface area (Å²) in [6.45, 7) is 0.666. The molecule has 0 spiro atoms.